The van der Waals surface area contributed by atoms with Crippen molar-refractivity contribution in [1.29, 1.82) is 0 Å². The minimum absolute atomic E-state index is 0.0311. The van der Waals surface area contributed by atoms with Crippen molar-refractivity contribution >= 4 is 55.9 Å². The molecule has 0 spiro atoms. The van der Waals surface area contributed by atoms with E-state index in [2.05, 4.69) is 46.2 Å². The van der Waals surface area contributed by atoms with Crippen molar-refractivity contribution in [3.63, 3.8) is 0 Å². The molecule has 4 aromatic rings. The molecule has 3 aromatic heterocycles. The fourth-order valence-corrected chi connectivity index (χ4v) is 8.20. The highest BCUT2D eigenvalue weighted by Crippen LogP contribution is 2.63. The summed E-state index contributed by atoms with van der Waals surface area (Å²) in [5.41, 5.74) is 4.27. The van der Waals surface area contributed by atoms with Crippen LogP contribution in [-0.2, 0) is 22.7 Å². The monoisotopic (exact) mass is 546 g/mol. The Balaban J connectivity index is 1.28. The molecule has 2 amide bonds. The summed E-state index contributed by atoms with van der Waals surface area (Å²) in [7, 11) is 0. The molecule has 0 bridgehead atoms. The summed E-state index contributed by atoms with van der Waals surface area (Å²) in [5, 5.41) is 5.32. The molecule has 3 aliphatic rings. The average Bonchev–Trinajstić information content (AvgIpc) is 3.22. The largest absolute Gasteiger partial charge is 0.346 e. The van der Waals surface area contributed by atoms with Crippen LogP contribution in [0.25, 0.3) is 32.2 Å². The number of halogens is 1. The predicted molar refractivity (Wildman–Crippen MR) is 152 cm³/mol. The Morgan fingerprint density at radius 1 is 1.05 bits per heavy atom. The zero-order chi connectivity index (χ0) is 26.4. The Morgan fingerprint density at radius 3 is 2.53 bits per heavy atom. The number of hydrogen-bond acceptors (Lipinski definition) is 5. The fourth-order valence-electron chi connectivity index (χ4n) is 6.84. The zero-order valence-corrected chi connectivity index (χ0v) is 23.5. The normalized spacial score (nSPS) is 23.9. The summed E-state index contributed by atoms with van der Waals surface area (Å²) >= 11 is 8.25. The number of rotatable bonds is 5. The molecule has 2 aliphatic heterocycles. The maximum atomic E-state index is 12.9. The summed E-state index contributed by atoms with van der Waals surface area (Å²) in [6, 6.07) is 10.3. The second-order valence-corrected chi connectivity index (χ2v) is 13.8. The van der Waals surface area contributed by atoms with Crippen molar-refractivity contribution in [3.05, 3.63) is 52.6 Å². The van der Waals surface area contributed by atoms with Crippen LogP contribution in [0.1, 0.15) is 38.5 Å². The highest BCUT2D eigenvalue weighted by atomic mass is 35.5. The van der Waals surface area contributed by atoms with Gasteiger partial charge in [-0.2, -0.15) is 0 Å². The Kier molecular flexibility index (Phi) is 5.36. The summed E-state index contributed by atoms with van der Waals surface area (Å²) in [5.74, 6) is -0.382. The van der Waals surface area contributed by atoms with Gasteiger partial charge in [0.2, 0.25) is 11.8 Å². The number of benzene rings is 1. The highest BCUT2D eigenvalue weighted by Gasteiger charge is 2.72. The van der Waals surface area contributed by atoms with E-state index in [4.69, 9.17) is 11.6 Å². The first-order chi connectivity index (χ1) is 18.2. The lowest BCUT2D eigenvalue weighted by Crippen LogP contribution is -2.37. The lowest BCUT2D eigenvalue weighted by molar-refractivity contribution is -0.143. The van der Waals surface area contributed by atoms with Crippen LogP contribution >= 0.6 is 22.9 Å². The molecule has 2 saturated heterocycles. The number of nitrogens with one attached hydrogen (secondary N) is 1. The SMILES string of the molecule is CC1(Cn2ccc3cc(Cl)cc(-c4ccnc5cc(CN6C(=O)C7C(C6=O)C7(C)C)sc45)c32)CCNCC1. The van der Waals surface area contributed by atoms with Crippen LogP contribution in [0.15, 0.2) is 42.7 Å². The molecule has 1 saturated carbocycles. The van der Waals surface area contributed by atoms with E-state index in [0.717, 1.165) is 64.1 Å². The van der Waals surface area contributed by atoms with Crippen LogP contribution in [0.2, 0.25) is 5.02 Å². The van der Waals surface area contributed by atoms with Gasteiger partial charge in [0.05, 0.1) is 34.1 Å². The number of thiophene rings is 1. The van der Waals surface area contributed by atoms with E-state index in [0.29, 0.717) is 11.6 Å². The van der Waals surface area contributed by atoms with Gasteiger partial charge in [0.15, 0.2) is 0 Å². The van der Waals surface area contributed by atoms with Gasteiger partial charge in [-0.15, -0.1) is 11.3 Å². The maximum absolute atomic E-state index is 12.9. The summed E-state index contributed by atoms with van der Waals surface area (Å²) < 4.78 is 3.44. The summed E-state index contributed by atoms with van der Waals surface area (Å²) in [6.45, 7) is 9.79. The van der Waals surface area contributed by atoms with Crippen molar-refractivity contribution in [3.8, 4) is 11.1 Å². The second kappa shape index (κ2) is 8.38. The van der Waals surface area contributed by atoms with Gasteiger partial charge in [0.1, 0.15) is 0 Å². The fraction of sp³-hybridized carbons (Fsp3) is 0.433. The molecule has 0 radical (unpaired) electrons. The second-order valence-electron chi connectivity index (χ2n) is 12.2. The first-order valence-corrected chi connectivity index (χ1v) is 14.6. The Hall–Kier alpha value is -2.74. The number of nitrogens with zero attached hydrogens (tertiary/aromatic N) is 3. The molecule has 38 heavy (non-hydrogen) atoms. The molecule has 196 valence electrons. The lowest BCUT2D eigenvalue weighted by Gasteiger charge is -2.34. The number of aromatic nitrogens is 2. The van der Waals surface area contributed by atoms with E-state index < -0.39 is 0 Å². The van der Waals surface area contributed by atoms with E-state index in [9.17, 15) is 9.59 Å². The van der Waals surface area contributed by atoms with Gasteiger partial charge in [0, 0.05) is 45.4 Å². The molecular formula is C30H31ClN4O2S. The van der Waals surface area contributed by atoms with Crippen molar-refractivity contribution in [1.82, 2.24) is 19.8 Å². The number of hydrogen-bond donors (Lipinski definition) is 1. The number of likely N-dealkylation sites (tertiary alicyclic amines) is 1. The van der Waals surface area contributed by atoms with Gasteiger partial charge in [0.25, 0.3) is 0 Å². The van der Waals surface area contributed by atoms with Gasteiger partial charge in [-0.3, -0.25) is 19.5 Å². The van der Waals surface area contributed by atoms with E-state index >= 15 is 0 Å². The molecule has 3 fully saturated rings. The molecule has 1 N–H and O–H groups in total. The number of pyridine rings is 1. The number of carbonyl (C=O) groups excluding carboxylic acids is 2. The number of piperidine rings is 2. The number of carbonyl (C=O) groups is 2. The molecule has 8 heteroatoms. The molecule has 2 atom stereocenters. The van der Waals surface area contributed by atoms with Gasteiger partial charge in [-0.1, -0.05) is 32.4 Å². The molecular weight excluding hydrogens is 516 g/mol. The Morgan fingerprint density at radius 2 is 1.79 bits per heavy atom. The highest BCUT2D eigenvalue weighted by molar-refractivity contribution is 7.19. The summed E-state index contributed by atoms with van der Waals surface area (Å²) in [4.78, 5) is 32.9. The number of fused-ring (bicyclic) bond motifs is 3. The maximum Gasteiger partial charge on any atom is 0.234 e. The van der Waals surface area contributed by atoms with E-state index in [1.165, 1.54) is 10.4 Å². The van der Waals surface area contributed by atoms with Gasteiger partial charge >= 0.3 is 0 Å². The molecule has 1 aliphatic carbocycles. The van der Waals surface area contributed by atoms with Crippen LogP contribution in [-0.4, -0.2) is 39.4 Å². The minimum atomic E-state index is -0.197. The third kappa shape index (κ3) is 3.66. The topological polar surface area (TPSA) is 67.2 Å². The summed E-state index contributed by atoms with van der Waals surface area (Å²) in [6.07, 6.45) is 6.33. The Labute approximate surface area is 231 Å². The van der Waals surface area contributed by atoms with Crippen molar-refractivity contribution in [2.75, 3.05) is 13.1 Å². The first-order valence-electron chi connectivity index (χ1n) is 13.4. The van der Waals surface area contributed by atoms with Crippen molar-refractivity contribution in [2.45, 2.75) is 46.7 Å². The van der Waals surface area contributed by atoms with E-state index in [1.807, 2.05) is 32.2 Å². The molecule has 2 unspecified atom stereocenters. The van der Waals surface area contributed by atoms with E-state index in [-0.39, 0.29) is 34.5 Å². The number of imide groups is 1. The van der Waals surface area contributed by atoms with Crippen LogP contribution in [0.3, 0.4) is 0 Å². The molecule has 1 aromatic carbocycles. The zero-order valence-electron chi connectivity index (χ0n) is 21.9. The smallest absolute Gasteiger partial charge is 0.234 e. The third-order valence-electron chi connectivity index (χ3n) is 9.15. The Bertz CT molecular complexity index is 1610. The van der Waals surface area contributed by atoms with Crippen LogP contribution < -0.4 is 5.32 Å². The molecule has 5 heterocycles. The van der Waals surface area contributed by atoms with Gasteiger partial charge < -0.3 is 9.88 Å². The first kappa shape index (κ1) is 24.3. The van der Waals surface area contributed by atoms with Crippen LogP contribution in [0, 0.1) is 22.7 Å². The average molecular weight is 547 g/mol. The van der Waals surface area contributed by atoms with E-state index in [1.54, 1.807) is 11.3 Å². The third-order valence-corrected chi connectivity index (χ3v) is 10.5. The standard InChI is InChI=1S/C30H31ClN4O2S/c1-29(2)23-24(29)28(37)35(27(23)36)15-19-14-22-26(38-19)20(4-8-33-22)21-13-18(31)12-17-5-11-34(25(17)21)16-30(3)6-9-32-10-7-30/h4-5,8,11-14,23-24,32H,6-7,9-10,15-16H2,1-3H3. The van der Waals surface area contributed by atoms with Crippen molar-refractivity contribution in [2.24, 2.45) is 22.7 Å². The number of amides is 2. The van der Waals surface area contributed by atoms with Gasteiger partial charge in [-0.05, 0) is 67.1 Å². The predicted octanol–water partition coefficient (Wildman–Crippen LogP) is 6.10. The quantitative estimate of drug-likeness (QED) is 0.307. The van der Waals surface area contributed by atoms with Crippen LogP contribution in [0.5, 0.6) is 0 Å². The lowest BCUT2D eigenvalue weighted by atomic mass is 9.81. The van der Waals surface area contributed by atoms with Crippen LogP contribution in [0.4, 0.5) is 0 Å². The molecule has 6 nitrogen and oxygen atoms in total. The minimum Gasteiger partial charge on any atom is -0.346 e. The molecule has 7 rings (SSSR count). The van der Waals surface area contributed by atoms with Gasteiger partial charge in [-0.25, -0.2) is 0 Å². The van der Waals surface area contributed by atoms with Crippen molar-refractivity contribution < 1.29 is 9.59 Å².